The highest BCUT2D eigenvalue weighted by Gasteiger charge is 2.30. The van der Waals surface area contributed by atoms with Crippen LogP contribution in [0.15, 0.2) is 4.99 Å². The van der Waals surface area contributed by atoms with E-state index in [0.717, 1.165) is 51.9 Å². The van der Waals surface area contributed by atoms with Crippen LogP contribution >= 0.6 is 24.0 Å². The summed E-state index contributed by atoms with van der Waals surface area (Å²) in [5, 5.41) is 3.43. The molecular formula is C15H29IN4O3. The first-order valence-corrected chi connectivity index (χ1v) is 8.33. The smallest absolute Gasteiger partial charge is 0.193 e. The van der Waals surface area contributed by atoms with Crippen LogP contribution < -0.4 is 5.32 Å². The second-order valence-corrected chi connectivity index (χ2v) is 6.03. The van der Waals surface area contributed by atoms with Crippen LogP contribution in [0.25, 0.3) is 0 Å². The number of rotatable bonds is 3. The Bertz CT molecular complexity index is 374. The maximum Gasteiger partial charge on any atom is 0.193 e. The van der Waals surface area contributed by atoms with E-state index >= 15 is 0 Å². The fraction of sp³-hybridized carbons (Fsp3) is 0.933. The summed E-state index contributed by atoms with van der Waals surface area (Å²) in [6, 6.07) is 0.622. The second kappa shape index (κ2) is 9.97. The molecule has 0 bridgehead atoms. The van der Waals surface area contributed by atoms with E-state index in [9.17, 15) is 0 Å². The average molecular weight is 440 g/mol. The lowest BCUT2D eigenvalue weighted by Gasteiger charge is -2.32. The molecule has 0 aromatic carbocycles. The Kier molecular flexibility index (Phi) is 8.31. The van der Waals surface area contributed by atoms with Crippen LogP contribution in [0.3, 0.4) is 0 Å². The Morgan fingerprint density at radius 3 is 2.65 bits per heavy atom. The Labute approximate surface area is 155 Å². The van der Waals surface area contributed by atoms with Crippen molar-refractivity contribution < 1.29 is 14.2 Å². The molecule has 2 atom stereocenters. The summed E-state index contributed by atoms with van der Waals surface area (Å²) >= 11 is 0. The molecule has 0 aromatic heterocycles. The minimum atomic E-state index is 0. The Morgan fingerprint density at radius 2 is 1.96 bits per heavy atom. The molecule has 0 radical (unpaired) electrons. The molecule has 3 aliphatic rings. The molecule has 0 saturated carbocycles. The molecule has 0 aliphatic carbocycles. The van der Waals surface area contributed by atoms with E-state index in [1.807, 2.05) is 7.05 Å². The van der Waals surface area contributed by atoms with Gasteiger partial charge in [0, 0.05) is 45.8 Å². The van der Waals surface area contributed by atoms with E-state index in [-0.39, 0.29) is 30.1 Å². The van der Waals surface area contributed by atoms with Crippen molar-refractivity contribution in [1.29, 1.82) is 0 Å². The molecule has 23 heavy (non-hydrogen) atoms. The highest BCUT2D eigenvalue weighted by Crippen LogP contribution is 2.17. The molecule has 134 valence electrons. The highest BCUT2D eigenvalue weighted by atomic mass is 127. The minimum absolute atomic E-state index is 0. The van der Waals surface area contributed by atoms with Crippen LogP contribution in [0.1, 0.15) is 6.42 Å². The van der Waals surface area contributed by atoms with Crippen molar-refractivity contribution in [1.82, 2.24) is 15.1 Å². The van der Waals surface area contributed by atoms with Crippen molar-refractivity contribution in [2.45, 2.75) is 18.6 Å². The van der Waals surface area contributed by atoms with Gasteiger partial charge < -0.3 is 24.4 Å². The topological polar surface area (TPSA) is 58.6 Å². The molecule has 0 aromatic rings. The maximum atomic E-state index is 5.67. The molecular weight excluding hydrogens is 411 g/mol. The summed E-state index contributed by atoms with van der Waals surface area (Å²) in [4.78, 5) is 9.33. The van der Waals surface area contributed by atoms with Crippen molar-refractivity contribution in [3.8, 4) is 0 Å². The van der Waals surface area contributed by atoms with Crippen LogP contribution in [0.2, 0.25) is 0 Å². The molecule has 3 heterocycles. The van der Waals surface area contributed by atoms with Gasteiger partial charge in [-0.15, -0.1) is 24.0 Å². The van der Waals surface area contributed by atoms with Gasteiger partial charge in [-0.05, 0) is 6.42 Å². The zero-order chi connectivity index (χ0) is 15.2. The number of hydrogen-bond acceptors (Lipinski definition) is 5. The molecule has 3 fully saturated rings. The number of nitrogens with zero attached hydrogens (tertiary/aromatic N) is 3. The molecule has 2 unspecified atom stereocenters. The van der Waals surface area contributed by atoms with Crippen LogP contribution in [0, 0.1) is 0 Å². The third-order valence-electron chi connectivity index (χ3n) is 4.61. The van der Waals surface area contributed by atoms with Crippen LogP contribution in [-0.4, -0.2) is 101 Å². The number of hydrogen-bond donors (Lipinski definition) is 1. The quantitative estimate of drug-likeness (QED) is 0.379. The first-order valence-electron chi connectivity index (χ1n) is 8.33. The first kappa shape index (κ1) is 19.2. The van der Waals surface area contributed by atoms with Crippen LogP contribution in [0.5, 0.6) is 0 Å². The van der Waals surface area contributed by atoms with Gasteiger partial charge in [-0.2, -0.15) is 0 Å². The van der Waals surface area contributed by atoms with E-state index < -0.39 is 0 Å². The molecule has 8 heteroatoms. The second-order valence-electron chi connectivity index (χ2n) is 6.03. The molecule has 0 spiro atoms. The van der Waals surface area contributed by atoms with Gasteiger partial charge in [-0.3, -0.25) is 9.89 Å². The SMILES string of the molecule is CN=C(NCC1COCCO1)N1CCC(N2CCOCC2)C1.I. The highest BCUT2D eigenvalue weighted by molar-refractivity contribution is 14.0. The standard InChI is InChI=1S/C15H28N4O3.HI/c1-16-15(17-10-14-12-21-8-9-22-14)19-3-2-13(11-19)18-4-6-20-7-5-18;/h13-14H,2-12H2,1H3,(H,16,17);1H. The van der Waals surface area contributed by atoms with Crippen molar-refractivity contribution in [3.05, 3.63) is 0 Å². The molecule has 3 saturated heterocycles. The normalized spacial score (nSPS) is 30.1. The zero-order valence-corrected chi connectivity index (χ0v) is 16.2. The van der Waals surface area contributed by atoms with E-state index in [2.05, 4.69) is 20.1 Å². The van der Waals surface area contributed by atoms with Crippen molar-refractivity contribution in [3.63, 3.8) is 0 Å². The monoisotopic (exact) mass is 440 g/mol. The van der Waals surface area contributed by atoms with Gasteiger partial charge in [0.15, 0.2) is 5.96 Å². The Balaban J connectivity index is 0.00000192. The van der Waals surface area contributed by atoms with E-state index in [1.165, 1.54) is 6.42 Å². The third-order valence-corrected chi connectivity index (χ3v) is 4.61. The first-order chi connectivity index (χ1) is 10.9. The fourth-order valence-electron chi connectivity index (χ4n) is 3.37. The summed E-state index contributed by atoms with van der Waals surface area (Å²) in [6.45, 7) is 8.75. The number of likely N-dealkylation sites (tertiary alicyclic amines) is 1. The zero-order valence-electron chi connectivity index (χ0n) is 13.9. The van der Waals surface area contributed by atoms with Gasteiger partial charge in [0.25, 0.3) is 0 Å². The number of nitrogens with one attached hydrogen (secondary N) is 1. The van der Waals surface area contributed by atoms with Gasteiger partial charge in [0.05, 0.1) is 39.1 Å². The summed E-state index contributed by atoms with van der Waals surface area (Å²) in [6.07, 6.45) is 1.33. The van der Waals surface area contributed by atoms with Gasteiger partial charge in [0.1, 0.15) is 0 Å². The molecule has 1 N–H and O–H groups in total. The predicted molar refractivity (Wildman–Crippen MR) is 99.7 cm³/mol. The Morgan fingerprint density at radius 1 is 1.13 bits per heavy atom. The third kappa shape index (κ3) is 5.42. The van der Waals surface area contributed by atoms with Crippen LogP contribution in [0.4, 0.5) is 0 Å². The molecule has 0 amide bonds. The minimum Gasteiger partial charge on any atom is -0.379 e. The number of guanidine groups is 1. The molecule has 3 aliphatic heterocycles. The number of halogens is 1. The van der Waals surface area contributed by atoms with E-state index in [1.54, 1.807) is 0 Å². The summed E-state index contributed by atoms with van der Waals surface area (Å²) in [5.74, 6) is 0.977. The van der Waals surface area contributed by atoms with Gasteiger partial charge in [-0.1, -0.05) is 0 Å². The summed E-state index contributed by atoms with van der Waals surface area (Å²) in [5.41, 5.74) is 0. The predicted octanol–water partition coefficient (Wildman–Crippen LogP) is 0.00170. The van der Waals surface area contributed by atoms with Crippen molar-refractivity contribution in [2.24, 2.45) is 4.99 Å². The van der Waals surface area contributed by atoms with Gasteiger partial charge >= 0.3 is 0 Å². The van der Waals surface area contributed by atoms with Gasteiger partial charge in [0.2, 0.25) is 0 Å². The average Bonchev–Trinajstić information content (AvgIpc) is 3.07. The molecule has 3 rings (SSSR count). The van der Waals surface area contributed by atoms with Crippen molar-refractivity contribution >= 4 is 29.9 Å². The van der Waals surface area contributed by atoms with Crippen LogP contribution in [-0.2, 0) is 14.2 Å². The lowest BCUT2D eigenvalue weighted by molar-refractivity contribution is -0.0851. The largest absolute Gasteiger partial charge is 0.379 e. The van der Waals surface area contributed by atoms with E-state index in [4.69, 9.17) is 14.2 Å². The number of ether oxygens (including phenoxy) is 3. The van der Waals surface area contributed by atoms with E-state index in [0.29, 0.717) is 25.9 Å². The lowest BCUT2D eigenvalue weighted by Crippen LogP contribution is -2.48. The Hall–Kier alpha value is -0.160. The lowest BCUT2D eigenvalue weighted by atomic mass is 10.2. The fourth-order valence-corrected chi connectivity index (χ4v) is 3.37. The van der Waals surface area contributed by atoms with Gasteiger partial charge in [-0.25, -0.2) is 0 Å². The summed E-state index contributed by atoms with van der Waals surface area (Å²) < 4.78 is 16.5. The van der Waals surface area contributed by atoms with Crippen molar-refractivity contribution in [2.75, 3.05) is 72.8 Å². The number of aliphatic imine (C=N–C) groups is 1. The summed E-state index contributed by atoms with van der Waals surface area (Å²) in [7, 11) is 1.85. The maximum absolute atomic E-state index is 5.67. The number of morpholine rings is 1. The molecule has 7 nitrogen and oxygen atoms in total.